The van der Waals surface area contributed by atoms with E-state index in [4.69, 9.17) is 4.99 Å². The van der Waals surface area contributed by atoms with E-state index in [1.165, 1.54) is 44.5 Å². The fourth-order valence-electron chi connectivity index (χ4n) is 7.21. The molecule has 0 saturated carbocycles. The minimum Gasteiger partial charge on any atom is -0.447 e. The Balaban J connectivity index is 1.32. The molecule has 2 aliphatic rings. The number of aliphatic imine (C=N–C) groups is 1. The molecular formula is C36H33BFN3. The van der Waals surface area contributed by atoms with Crippen LogP contribution in [-0.2, 0) is 0 Å². The zero-order valence-corrected chi connectivity index (χ0v) is 24.5. The molecule has 3 heterocycles. The topological polar surface area (TPSA) is 19.5 Å². The first-order valence-electron chi connectivity index (χ1n) is 14.3. The lowest BCUT2D eigenvalue weighted by Crippen LogP contribution is -2.64. The molecule has 0 spiro atoms. The van der Waals surface area contributed by atoms with E-state index in [1.54, 1.807) is 9.29 Å². The van der Waals surface area contributed by atoms with E-state index in [1.807, 2.05) is 12.1 Å². The van der Waals surface area contributed by atoms with Crippen LogP contribution < -0.4 is 9.29 Å². The van der Waals surface area contributed by atoms with Crippen molar-refractivity contribution in [2.24, 2.45) is 4.99 Å². The van der Waals surface area contributed by atoms with Gasteiger partial charge in [-0.25, -0.2) is 0 Å². The maximum atomic E-state index is 16.8. The van der Waals surface area contributed by atoms with E-state index in [0.29, 0.717) is 11.7 Å². The molecule has 1 aromatic heterocycles. The molecule has 5 heteroatoms. The fourth-order valence-corrected chi connectivity index (χ4v) is 7.21. The van der Waals surface area contributed by atoms with Gasteiger partial charge in [-0.15, -0.1) is 0 Å². The van der Waals surface area contributed by atoms with Gasteiger partial charge in [-0.1, -0.05) is 47.5 Å². The molecule has 0 bridgehead atoms. The van der Waals surface area contributed by atoms with Crippen molar-refractivity contribution in [2.45, 2.75) is 41.5 Å². The molecule has 2 aliphatic heterocycles. The summed E-state index contributed by atoms with van der Waals surface area (Å²) in [5.74, 6) is 1.30. The number of pyridine rings is 1. The third kappa shape index (κ3) is 4.02. The third-order valence-corrected chi connectivity index (χ3v) is 8.70. The summed E-state index contributed by atoms with van der Waals surface area (Å²) in [5, 5.41) is 1.01. The number of aryl methyl sites for hydroxylation is 6. The molecule has 4 aromatic carbocycles. The van der Waals surface area contributed by atoms with E-state index < -0.39 is 7.26 Å². The van der Waals surface area contributed by atoms with Gasteiger partial charge in [-0.3, -0.25) is 0 Å². The lowest BCUT2D eigenvalue weighted by atomic mass is 9.88. The monoisotopic (exact) mass is 537 g/mol. The minimum atomic E-state index is -2.48. The highest BCUT2D eigenvalue weighted by atomic mass is 19.1. The van der Waals surface area contributed by atoms with Crippen LogP contribution in [-0.4, -0.2) is 13.1 Å². The third-order valence-electron chi connectivity index (χ3n) is 8.70. The smallest absolute Gasteiger partial charge is 0.444 e. The number of amidine groups is 1. The summed E-state index contributed by atoms with van der Waals surface area (Å²) in [4.78, 5) is 6.70. The summed E-state index contributed by atoms with van der Waals surface area (Å²) in [6, 6.07) is 25.6. The predicted molar refractivity (Wildman–Crippen MR) is 172 cm³/mol. The Labute approximate surface area is 241 Å². The number of halogens is 1. The number of hydrogen-bond acceptors (Lipinski definition) is 2. The quantitative estimate of drug-likeness (QED) is 0.207. The Kier molecular flexibility index (Phi) is 5.76. The van der Waals surface area contributed by atoms with Gasteiger partial charge in [0, 0.05) is 23.2 Å². The van der Waals surface area contributed by atoms with Crippen molar-refractivity contribution >= 4 is 41.6 Å². The summed E-state index contributed by atoms with van der Waals surface area (Å²) in [5.41, 5.74) is 15.1. The molecule has 0 N–H and O–H groups in total. The first-order valence-corrected chi connectivity index (χ1v) is 14.3. The van der Waals surface area contributed by atoms with E-state index in [2.05, 4.69) is 114 Å². The highest BCUT2D eigenvalue weighted by molar-refractivity contribution is 6.57. The van der Waals surface area contributed by atoms with Gasteiger partial charge in [0.15, 0.2) is 0 Å². The Morgan fingerprint density at radius 3 is 1.88 bits per heavy atom. The van der Waals surface area contributed by atoms with Gasteiger partial charge < -0.3 is 13.6 Å². The van der Waals surface area contributed by atoms with Crippen LogP contribution >= 0.6 is 0 Å². The molecule has 41 heavy (non-hydrogen) atoms. The van der Waals surface area contributed by atoms with Gasteiger partial charge in [-0.05, 0) is 133 Å². The van der Waals surface area contributed by atoms with Crippen molar-refractivity contribution in [2.75, 3.05) is 4.81 Å². The molecule has 0 radical (unpaired) electrons. The lowest BCUT2D eigenvalue weighted by molar-refractivity contribution is -0.503. The van der Waals surface area contributed by atoms with E-state index in [9.17, 15) is 0 Å². The van der Waals surface area contributed by atoms with Crippen LogP contribution in [0.1, 0.15) is 38.9 Å². The van der Waals surface area contributed by atoms with Gasteiger partial charge in [0.25, 0.3) is 5.82 Å². The molecule has 1 unspecified atom stereocenters. The fraction of sp³-hybridized carbons (Fsp3) is 0.167. The maximum Gasteiger partial charge on any atom is 0.444 e. The minimum absolute atomic E-state index is 0.650. The van der Waals surface area contributed by atoms with Crippen molar-refractivity contribution in [1.82, 2.24) is 0 Å². The molecule has 0 amide bonds. The highest BCUT2D eigenvalue weighted by Crippen LogP contribution is 2.37. The number of fused-ring (bicyclic) bond motifs is 6. The summed E-state index contributed by atoms with van der Waals surface area (Å²) in [6.07, 6.45) is 4.01. The van der Waals surface area contributed by atoms with Crippen LogP contribution in [0.25, 0.3) is 39.2 Å². The first-order chi connectivity index (χ1) is 19.7. The number of nitrogens with zero attached hydrogens (tertiary/aromatic N) is 3. The molecule has 3 nitrogen and oxygen atoms in total. The Morgan fingerprint density at radius 1 is 0.659 bits per heavy atom. The first kappa shape index (κ1) is 25.5. The van der Waals surface area contributed by atoms with Gasteiger partial charge in [0.2, 0.25) is 5.84 Å². The molecule has 0 saturated heterocycles. The lowest BCUT2D eigenvalue weighted by Gasteiger charge is -2.38. The summed E-state index contributed by atoms with van der Waals surface area (Å²) >= 11 is 0. The molecule has 7 rings (SSSR count). The zero-order valence-electron chi connectivity index (χ0n) is 24.5. The number of benzene rings is 4. The van der Waals surface area contributed by atoms with Gasteiger partial charge in [-0.2, -0.15) is 0 Å². The number of anilines is 1. The molecule has 1 atom stereocenters. The molecular weight excluding hydrogens is 504 g/mol. The zero-order chi connectivity index (χ0) is 28.6. The van der Waals surface area contributed by atoms with Crippen molar-refractivity contribution in [3.8, 4) is 22.3 Å². The van der Waals surface area contributed by atoms with Crippen molar-refractivity contribution in [3.05, 3.63) is 118 Å². The maximum absolute atomic E-state index is 16.8. The second-order valence-electron chi connectivity index (χ2n) is 11.8. The van der Waals surface area contributed by atoms with E-state index in [-0.39, 0.29) is 0 Å². The number of rotatable bonds is 2. The predicted octanol–water partition coefficient (Wildman–Crippen LogP) is 8.42. The van der Waals surface area contributed by atoms with Gasteiger partial charge in [0.05, 0.1) is 5.52 Å². The van der Waals surface area contributed by atoms with Crippen molar-refractivity contribution < 1.29 is 8.79 Å². The Morgan fingerprint density at radius 2 is 1.24 bits per heavy atom. The van der Waals surface area contributed by atoms with Crippen molar-refractivity contribution in [3.63, 3.8) is 0 Å². The van der Waals surface area contributed by atoms with Crippen LogP contribution in [0.5, 0.6) is 0 Å². The van der Waals surface area contributed by atoms with E-state index in [0.717, 1.165) is 33.3 Å². The Bertz CT molecular complexity index is 1940. The van der Waals surface area contributed by atoms with Gasteiger partial charge >= 0.3 is 7.26 Å². The van der Waals surface area contributed by atoms with Crippen LogP contribution in [0.2, 0.25) is 0 Å². The molecule has 5 aromatic rings. The van der Waals surface area contributed by atoms with E-state index >= 15 is 4.32 Å². The van der Waals surface area contributed by atoms with Gasteiger partial charge in [0.1, 0.15) is 0 Å². The molecule has 202 valence electrons. The molecule has 0 aliphatic carbocycles. The van der Waals surface area contributed by atoms with Crippen LogP contribution in [0.4, 0.5) is 15.8 Å². The van der Waals surface area contributed by atoms with Crippen LogP contribution in [0.3, 0.4) is 0 Å². The second-order valence-corrected chi connectivity index (χ2v) is 11.8. The van der Waals surface area contributed by atoms with Crippen LogP contribution in [0.15, 0.2) is 83.9 Å². The molecule has 0 fully saturated rings. The van der Waals surface area contributed by atoms with Crippen LogP contribution in [0, 0.1) is 41.5 Å². The number of hydrogen-bond donors (Lipinski definition) is 0. The standard InChI is InChI=1S/C36H33BFN3/c1-21-15-23(3)35(24(4)16-21)29-7-11-31-27(19-29)9-13-33-39-34-14-10-28-20-30(36-25(5)17-22(2)18-26(36)6)8-12-32(28)41(34)37(38)40(31)33/h7-20,37H,1-6H3. The summed E-state index contributed by atoms with van der Waals surface area (Å²) < 4.78 is 18.6. The number of aromatic nitrogens is 1. The van der Waals surface area contributed by atoms with Crippen molar-refractivity contribution in [1.29, 1.82) is 0 Å². The summed E-state index contributed by atoms with van der Waals surface area (Å²) in [7, 11) is -2.48. The second kappa shape index (κ2) is 9.27. The average Bonchev–Trinajstić information content (AvgIpc) is 2.91. The highest BCUT2D eigenvalue weighted by Gasteiger charge is 2.35. The Hall–Kier alpha value is -4.51. The normalized spacial score (nSPS) is 15.4. The SMILES string of the molecule is Cc1cc(C)c(-c2ccc3c(c2)C=CC2=Nc4ccc5cc(-c6c(C)cc(C)cc6C)ccc5[n+]4[BH-](F)N23)c(C)c1. The summed E-state index contributed by atoms with van der Waals surface area (Å²) in [6.45, 7) is 12.9. The average molecular weight is 537 g/mol. The largest absolute Gasteiger partial charge is 0.447 e.